The molecule has 22 heavy (non-hydrogen) atoms. The number of piperidine rings is 1. The molecule has 1 aliphatic heterocycles. The molecule has 0 spiro atoms. The highest BCUT2D eigenvalue weighted by Gasteiger charge is 2.41. The van der Waals surface area contributed by atoms with Crippen LogP contribution >= 0.6 is 0 Å². The van der Waals surface area contributed by atoms with Gasteiger partial charge in [-0.15, -0.1) is 0 Å². The summed E-state index contributed by atoms with van der Waals surface area (Å²) in [4.78, 5) is 13.9. The van der Waals surface area contributed by atoms with Crippen LogP contribution in [0, 0.1) is 16.7 Å². The second-order valence-corrected chi connectivity index (χ2v) is 9.10. The Morgan fingerprint density at radius 2 is 1.86 bits per heavy atom. The van der Waals surface area contributed by atoms with Crippen LogP contribution in [0.3, 0.4) is 0 Å². The summed E-state index contributed by atoms with van der Waals surface area (Å²) < 4.78 is 0. The summed E-state index contributed by atoms with van der Waals surface area (Å²) in [5, 5.41) is 11.0. The second kappa shape index (κ2) is 6.12. The van der Waals surface area contributed by atoms with Gasteiger partial charge in [0.2, 0.25) is 5.91 Å². The van der Waals surface area contributed by atoms with E-state index < -0.39 is 11.0 Å². The van der Waals surface area contributed by atoms with Crippen molar-refractivity contribution in [2.45, 2.75) is 71.8 Å². The van der Waals surface area contributed by atoms with Gasteiger partial charge >= 0.3 is 0 Å². The van der Waals surface area contributed by atoms with Crippen molar-refractivity contribution in [2.24, 2.45) is 22.5 Å². The third-order valence-corrected chi connectivity index (χ3v) is 6.03. The lowest BCUT2D eigenvalue weighted by molar-refractivity contribution is -0.131. The van der Waals surface area contributed by atoms with Crippen LogP contribution in [0.4, 0.5) is 0 Å². The molecule has 1 saturated heterocycles. The molecule has 0 aromatic heterocycles. The number of nitrogens with two attached hydrogens (primary N) is 1. The van der Waals surface area contributed by atoms with Crippen molar-refractivity contribution in [3.8, 4) is 0 Å². The molecule has 2 aliphatic rings. The highest BCUT2D eigenvalue weighted by molar-refractivity contribution is 5.80. The number of carbonyl (C=O) groups is 1. The zero-order chi connectivity index (χ0) is 16.6. The second-order valence-electron chi connectivity index (χ2n) is 9.10. The van der Waals surface area contributed by atoms with Crippen LogP contribution in [-0.2, 0) is 4.79 Å². The molecule has 2 rings (SSSR count). The first kappa shape index (κ1) is 17.7. The molecule has 4 nitrogen and oxygen atoms in total. The van der Waals surface area contributed by atoms with Crippen molar-refractivity contribution in [1.82, 2.24) is 4.90 Å². The lowest BCUT2D eigenvalue weighted by atomic mass is 9.68. The maximum Gasteiger partial charge on any atom is 0.224 e. The number of aliphatic hydroxyl groups is 1. The number of primary amides is 1. The van der Waals surface area contributed by atoms with Crippen molar-refractivity contribution in [3.05, 3.63) is 0 Å². The van der Waals surface area contributed by atoms with Gasteiger partial charge in [-0.2, -0.15) is 0 Å². The average molecular weight is 310 g/mol. The number of amides is 1. The largest absolute Gasteiger partial charge is 0.389 e. The highest BCUT2D eigenvalue weighted by atomic mass is 16.3. The van der Waals surface area contributed by atoms with E-state index in [1.165, 1.54) is 0 Å². The van der Waals surface area contributed by atoms with Gasteiger partial charge in [-0.3, -0.25) is 9.69 Å². The van der Waals surface area contributed by atoms with Crippen molar-refractivity contribution in [1.29, 1.82) is 0 Å². The van der Waals surface area contributed by atoms with Crippen LogP contribution in [0.2, 0.25) is 0 Å². The maximum atomic E-state index is 11.7. The predicted octanol–water partition coefficient (Wildman–Crippen LogP) is 2.54. The molecule has 0 aromatic rings. The zero-order valence-corrected chi connectivity index (χ0v) is 14.8. The van der Waals surface area contributed by atoms with Crippen LogP contribution in [-0.4, -0.2) is 41.1 Å². The molecule has 0 bridgehead atoms. The Morgan fingerprint density at radius 3 is 2.36 bits per heavy atom. The first-order chi connectivity index (χ1) is 10.0. The SMILES string of the molecule is CC(C)(C)C1CCC(O)(CN2CCC[C@@](C)(C(N)=O)C2)CC1. The molecule has 128 valence electrons. The summed E-state index contributed by atoms with van der Waals surface area (Å²) in [5.41, 5.74) is 4.88. The van der Waals surface area contributed by atoms with Crippen molar-refractivity contribution in [3.63, 3.8) is 0 Å². The van der Waals surface area contributed by atoms with Gasteiger partial charge in [0, 0.05) is 13.1 Å². The molecule has 2 fully saturated rings. The Labute approximate surface area is 135 Å². The molecule has 0 aromatic carbocycles. The van der Waals surface area contributed by atoms with Gasteiger partial charge in [0.25, 0.3) is 0 Å². The topological polar surface area (TPSA) is 66.6 Å². The highest BCUT2D eigenvalue weighted by Crippen LogP contribution is 2.42. The van der Waals surface area contributed by atoms with Gasteiger partial charge in [-0.25, -0.2) is 0 Å². The number of β-amino-alcohol motifs (C(OH)–C–C–N with tert-alkyl or cyclic N) is 1. The smallest absolute Gasteiger partial charge is 0.224 e. The Bertz CT molecular complexity index is 408. The third kappa shape index (κ3) is 4.02. The maximum absolute atomic E-state index is 11.7. The predicted molar refractivity (Wildman–Crippen MR) is 89.3 cm³/mol. The van der Waals surface area contributed by atoms with E-state index in [1.807, 2.05) is 6.92 Å². The van der Waals surface area contributed by atoms with E-state index in [1.54, 1.807) is 0 Å². The number of hydrogen-bond acceptors (Lipinski definition) is 3. The van der Waals surface area contributed by atoms with E-state index in [0.717, 1.165) is 45.1 Å². The van der Waals surface area contributed by atoms with Crippen molar-refractivity contribution >= 4 is 5.91 Å². The van der Waals surface area contributed by atoms with Gasteiger partial charge in [0.1, 0.15) is 0 Å². The summed E-state index contributed by atoms with van der Waals surface area (Å²) in [6.45, 7) is 11.2. The van der Waals surface area contributed by atoms with Crippen LogP contribution in [0.25, 0.3) is 0 Å². The molecular formula is C18H34N2O2. The fourth-order valence-corrected chi connectivity index (χ4v) is 4.28. The van der Waals surface area contributed by atoms with Crippen LogP contribution in [0.5, 0.6) is 0 Å². The van der Waals surface area contributed by atoms with Gasteiger partial charge < -0.3 is 10.8 Å². The Balaban J connectivity index is 1.92. The fourth-order valence-electron chi connectivity index (χ4n) is 4.28. The number of rotatable bonds is 3. The first-order valence-electron chi connectivity index (χ1n) is 8.79. The zero-order valence-electron chi connectivity index (χ0n) is 14.8. The van der Waals surface area contributed by atoms with E-state index in [2.05, 4.69) is 25.7 Å². The lowest BCUT2D eigenvalue weighted by Gasteiger charge is -2.46. The standard InChI is InChI=1S/C18H34N2O2/c1-16(2,3)14-6-9-18(22,10-7-14)13-20-11-5-8-17(4,12-20)15(19)21/h14,22H,5-13H2,1-4H3,(H2,19,21)/t14?,17-,18?/m1/s1. The van der Waals surface area contributed by atoms with E-state index >= 15 is 0 Å². The Morgan fingerprint density at radius 1 is 1.27 bits per heavy atom. The minimum absolute atomic E-state index is 0.208. The molecule has 1 heterocycles. The molecule has 1 aliphatic carbocycles. The molecule has 4 heteroatoms. The third-order valence-electron chi connectivity index (χ3n) is 6.03. The summed E-state index contributed by atoms with van der Waals surface area (Å²) in [6, 6.07) is 0. The minimum atomic E-state index is -0.586. The normalized spacial score (nSPS) is 38.0. The molecule has 0 radical (unpaired) electrons. The summed E-state index contributed by atoms with van der Waals surface area (Å²) >= 11 is 0. The van der Waals surface area contributed by atoms with Crippen LogP contribution < -0.4 is 5.73 Å². The average Bonchev–Trinajstić information content (AvgIpc) is 2.37. The van der Waals surface area contributed by atoms with Gasteiger partial charge in [0.05, 0.1) is 11.0 Å². The van der Waals surface area contributed by atoms with Crippen molar-refractivity contribution in [2.75, 3.05) is 19.6 Å². The Kier molecular flexibility index (Phi) is 4.94. The number of nitrogens with zero attached hydrogens (tertiary/aromatic N) is 1. The Hall–Kier alpha value is -0.610. The summed E-state index contributed by atoms with van der Waals surface area (Å²) in [6.07, 6.45) is 5.79. The first-order valence-corrected chi connectivity index (χ1v) is 8.79. The van der Waals surface area contributed by atoms with E-state index in [9.17, 15) is 9.90 Å². The van der Waals surface area contributed by atoms with Gasteiger partial charge in [-0.1, -0.05) is 20.8 Å². The molecule has 1 saturated carbocycles. The summed E-state index contributed by atoms with van der Waals surface area (Å²) in [7, 11) is 0. The molecular weight excluding hydrogens is 276 g/mol. The van der Waals surface area contributed by atoms with E-state index in [-0.39, 0.29) is 5.91 Å². The lowest BCUT2D eigenvalue weighted by Crippen LogP contribution is -2.54. The summed E-state index contributed by atoms with van der Waals surface area (Å²) in [5.74, 6) is 0.491. The molecule has 1 amide bonds. The number of likely N-dealkylation sites (tertiary alicyclic amines) is 1. The van der Waals surface area contributed by atoms with Gasteiger partial charge in [0.15, 0.2) is 0 Å². The minimum Gasteiger partial charge on any atom is -0.389 e. The van der Waals surface area contributed by atoms with Crippen LogP contribution in [0.1, 0.15) is 66.2 Å². The fraction of sp³-hybridized carbons (Fsp3) is 0.944. The quantitative estimate of drug-likeness (QED) is 0.842. The van der Waals surface area contributed by atoms with Gasteiger partial charge in [-0.05, 0) is 63.3 Å². The molecule has 0 unspecified atom stereocenters. The number of carbonyl (C=O) groups excluding carboxylic acids is 1. The van der Waals surface area contributed by atoms with E-state index in [0.29, 0.717) is 24.4 Å². The monoisotopic (exact) mass is 310 g/mol. The molecule has 3 N–H and O–H groups in total. The van der Waals surface area contributed by atoms with Crippen LogP contribution in [0.15, 0.2) is 0 Å². The van der Waals surface area contributed by atoms with Crippen molar-refractivity contribution < 1.29 is 9.90 Å². The van der Waals surface area contributed by atoms with E-state index in [4.69, 9.17) is 5.73 Å². The molecule has 1 atom stereocenters. The number of hydrogen-bond donors (Lipinski definition) is 2.